The van der Waals surface area contributed by atoms with Gasteiger partial charge in [0, 0.05) is 12.8 Å². The van der Waals surface area contributed by atoms with Crippen LogP contribution in [0.25, 0.3) is 0 Å². The van der Waals surface area contributed by atoms with Crippen LogP contribution in [0.3, 0.4) is 0 Å². The molecule has 16 heavy (non-hydrogen) atoms. The predicted molar refractivity (Wildman–Crippen MR) is 60.9 cm³/mol. The van der Waals surface area contributed by atoms with Crippen LogP contribution in [0.5, 0.6) is 11.5 Å². The molecule has 1 aliphatic rings. The number of carbonyl (C=O) groups is 1. The van der Waals surface area contributed by atoms with E-state index in [0.717, 1.165) is 17.9 Å². The van der Waals surface area contributed by atoms with Gasteiger partial charge in [0.25, 0.3) is 0 Å². The molecule has 86 valence electrons. The van der Waals surface area contributed by atoms with E-state index in [1.807, 2.05) is 31.2 Å². The van der Waals surface area contributed by atoms with Gasteiger partial charge in [0.05, 0.1) is 6.61 Å². The van der Waals surface area contributed by atoms with Crippen LogP contribution in [0.4, 0.5) is 0 Å². The highest BCUT2D eigenvalue weighted by Crippen LogP contribution is 2.30. The molecular formula is C13H16O3. The standard InChI is InChI=1S/C13H16O3/c1-2-15-12-5-3-4-6-13(12)16-11-8-7-10(14)9-11/h3-6,11H,2,7-9H2,1H3. The maximum absolute atomic E-state index is 11.1. The lowest BCUT2D eigenvalue weighted by molar-refractivity contribution is -0.117. The first-order chi connectivity index (χ1) is 7.79. The zero-order valence-corrected chi connectivity index (χ0v) is 9.44. The van der Waals surface area contributed by atoms with Crippen LogP contribution in [-0.4, -0.2) is 18.5 Å². The van der Waals surface area contributed by atoms with E-state index in [1.54, 1.807) is 0 Å². The van der Waals surface area contributed by atoms with Crippen LogP contribution < -0.4 is 9.47 Å². The Morgan fingerprint density at radius 2 is 2.06 bits per heavy atom. The highest BCUT2D eigenvalue weighted by atomic mass is 16.5. The normalized spacial score (nSPS) is 19.8. The van der Waals surface area contributed by atoms with E-state index in [4.69, 9.17) is 9.47 Å². The zero-order chi connectivity index (χ0) is 11.4. The largest absolute Gasteiger partial charge is 0.490 e. The molecule has 0 saturated heterocycles. The topological polar surface area (TPSA) is 35.5 Å². The minimum absolute atomic E-state index is 0.0223. The second-order valence-electron chi connectivity index (χ2n) is 3.90. The zero-order valence-electron chi connectivity index (χ0n) is 9.44. The molecule has 3 nitrogen and oxygen atoms in total. The molecule has 0 amide bonds. The highest BCUT2D eigenvalue weighted by Gasteiger charge is 2.24. The molecule has 0 aromatic heterocycles. The maximum Gasteiger partial charge on any atom is 0.161 e. The van der Waals surface area contributed by atoms with Gasteiger partial charge in [-0.15, -0.1) is 0 Å². The molecule has 0 spiro atoms. The van der Waals surface area contributed by atoms with Crippen molar-refractivity contribution in [2.75, 3.05) is 6.61 Å². The lowest BCUT2D eigenvalue weighted by Crippen LogP contribution is -2.12. The van der Waals surface area contributed by atoms with Crippen molar-refractivity contribution in [3.8, 4) is 11.5 Å². The van der Waals surface area contributed by atoms with E-state index in [-0.39, 0.29) is 6.10 Å². The Morgan fingerprint density at radius 3 is 2.69 bits per heavy atom. The van der Waals surface area contributed by atoms with Crippen molar-refractivity contribution >= 4 is 5.78 Å². The van der Waals surface area contributed by atoms with Gasteiger partial charge in [0.15, 0.2) is 11.5 Å². The second-order valence-corrected chi connectivity index (χ2v) is 3.90. The lowest BCUT2D eigenvalue weighted by Gasteiger charge is -2.15. The number of para-hydroxylation sites is 2. The second kappa shape index (κ2) is 5.01. The number of benzene rings is 1. The lowest BCUT2D eigenvalue weighted by atomic mass is 10.3. The van der Waals surface area contributed by atoms with E-state index in [0.29, 0.717) is 25.2 Å². The van der Waals surface area contributed by atoms with E-state index in [9.17, 15) is 4.79 Å². The van der Waals surface area contributed by atoms with Crippen molar-refractivity contribution in [1.29, 1.82) is 0 Å². The monoisotopic (exact) mass is 220 g/mol. The summed E-state index contributed by atoms with van der Waals surface area (Å²) in [4.78, 5) is 11.1. The van der Waals surface area contributed by atoms with Gasteiger partial charge in [0.1, 0.15) is 11.9 Å². The van der Waals surface area contributed by atoms with Gasteiger partial charge in [-0.05, 0) is 25.5 Å². The van der Waals surface area contributed by atoms with Crippen LogP contribution in [0.15, 0.2) is 24.3 Å². The summed E-state index contributed by atoms with van der Waals surface area (Å²) in [5.41, 5.74) is 0. The van der Waals surface area contributed by atoms with Crippen molar-refractivity contribution in [1.82, 2.24) is 0 Å². The average molecular weight is 220 g/mol. The number of ether oxygens (including phenoxy) is 2. The van der Waals surface area contributed by atoms with Gasteiger partial charge in [-0.2, -0.15) is 0 Å². The summed E-state index contributed by atoms with van der Waals surface area (Å²) in [6.07, 6.45) is 2.01. The molecule has 0 bridgehead atoms. The number of hydrogen-bond acceptors (Lipinski definition) is 3. The highest BCUT2D eigenvalue weighted by molar-refractivity contribution is 5.81. The summed E-state index contributed by atoms with van der Waals surface area (Å²) < 4.78 is 11.2. The van der Waals surface area contributed by atoms with Gasteiger partial charge in [-0.3, -0.25) is 4.79 Å². The SMILES string of the molecule is CCOc1ccccc1OC1CCC(=O)C1. The molecule has 0 N–H and O–H groups in total. The Kier molecular flexibility index (Phi) is 3.44. The third kappa shape index (κ3) is 2.54. The maximum atomic E-state index is 11.1. The Balaban J connectivity index is 2.05. The van der Waals surface area contributed by atoms with Gasteiger partial charge in [-0.1, -0.05) is 12.1 Å². The minimum Gasteiger partial charge on any atom is -0.490 e. The fourth-order valence-corrected chi connectivity index (χ4v) is 1.88. The van der Waals surface area contributed by atoms with E-state index in [2.05, 4.69) is 0 Å². The van der Waals surface area contributed by atoms with Crippen molar-refractivity contribution in [2.24, 2.45) is 0 Å². The summed E-state index contributed by atoms with van der Waals surface area (Å²) in [5.74, 6) is 1.78. The first kappa shape index (κ1) is 11.0. The number of carbonyl (C=O) groups excluding carboxylic acids is 1. The molecule has 0 radical (unpaired) electrons. The first-order valence-electron chi connectivity index (χ1n) is 5.69. The number of rotatable bonds is 4. The Bertz CT molecular complexity index is 373. The molecule has 1 atom stereocenters. The van der Waals surface area contributed by atoms with Crippen LogP contribution >= 0.6 is 0 Å². The molecule has 0 heterocycles. The van der Waals surface area contributed by atoms with E-state index >= 15 is 0 Å². The summed E-state index contributed by atoms with van der Waals surface area (Å²) in [6, 6.07) is 7.59. The molecule has 1 fully saturated rings. The fourth-order valence-electron chi connectivity index (χ4n) is 1.88. The van der Waals surface area contributed by atoms with Crippen LogP contribution in [-0.2, 0) is 4.79 Å². The van der Waals surface area contributed by atoms with Crippen molar-refractivity contribution in [2.45, 2.75) is 32.3 Å². The third-order valence-electron chi connectivity index (χ3n) is 2.64. The molecule has 0 aliphatic heterocycles. The minimum atomic E-state index is 0.0223. The van der Waals surface area contributed by atoms with Crippen molar-refractivity contribution in [3.63, 3.8) is 0 Å². The Morgan fingerprint density at radius 1 is 1.31 bits per heavy atom. The first-order valence-corrected chi connectivity index (χ1v) is 5.69. The van der Waals surface area contributed by atoms with Gasteiger partial charge < -0.3 is 9.47 Å². The summed E-state index contributed by atoms with van der Waals surface area (Å²) in [6.45, 7) is 2.56. The summed E-state index contributed by atoms with van der Waals surface area (Å²) in [5, 5.41) is 0. The molecule has 3 heteroatoms. The third-order valence-corrected chi connectivity index (χ3v) is 2.64. The quantitative estimate of drug-likeness (QED) is 0.782. The summed E-state index contributed by atoms with van der Waals surface area (Å²) >= 11 is 0. The number of Topliss-reactive ketones (excluding diaryl/α,β-unsaturated/α-hetero) is 1. The van der Waals surface area contributed by atoms with E-state index in [1.165, 1.54) is 0 Å². The van der Waals surface area contributed by atoms with Gasteiger partial charge >= 0.3 is 0 Å². The van der Waals surface area contributed by atoms with Crippen LogP contribution in [0, 0.1) is 0 Å². The van der Waals surface area contributed by atoms with Gasteiger partial charge in [-0.25, -0.2) is 0 Å². The molecule has 1 aromatic carbocycles. The van der Waals surface area contributed by atoms with E-state index < -0.39 is 0 Å². The van der Waals surface area contributed by atoms with Crippen molar-refractivity contribution < 1.29 is 14.3 Å². The Labute approximate surface area is 95.4 Å². The van der Waals surface area contributed by atoms with Gasteiger partial charge in [0.2, 0.25) is 0 Å². The average Bonchev–Trinajstić information content (AvgIpc) is 2.67. The fraction of sp³-hybridized carbons (Fsp3) is 0.462. The molecule has 1 unspecified atom stereocenters. The Hall–Kier alpha value is -1.51. The molecular weight excluding hydrogens is 204 g/mol. The molecule has 2 rings (SSSR count). The van der Waals surface area contributed by atoms with Crippen LogP contribution in [0.2, 0.25) is 0 Å². The predicted octanol–water partition coefficient (Wildman–Crippen LogP) is 2.59. The molecule has 1 aromatic rings. The number of hydrogen-bond donors (Lipinski definition) is 0. The summed E-state index contributed by atoms with van der Waals surface area (Å²) in [7, 11) is 0. The molecule has 1 saturated carbocycles. The number of ketones is 1. The van der Waals surface area contributed by atoms with Crippen molar-refractivity contribution in [3.05, 3.63) is 24.3 Å². The smallest absolute Gasteiger partial charge is 0.161 e. The van der Waals surface area contributed by atoms with Crippen LogP contribution in [0.1, 0.15) is 26.2 Å². The molecule has 1 aliphatic carbocycles.